The molecule has 2 amide bonds. The van der Waals surface area contributed by atoms with Gasteiger partial charge in [-0.1, -0.05) is 19.1 Å². The molecule has 29 heavy (non-hydrogen) atoms. The van der Waals surface area contributed by atoms with Gasteiger partial charge in [0.05, 0.1) is 17.4 Å². The molecule has 0 saturated heterocycles. The number of anilines is 1. The summed E-state index contributed by atoms with van der Waals surface area (Å²) in [6, 6.07) is 13.9. The van der Waals surface area contributed by atoms with Crippen LogP contribution >= 0.6 is 12.2 Å². The topological polar surface area (TPSA) is 79.5 Å². The van der Waals surface area contributed by atoms with E-state index in [0.717, 1.165) is 6.42 Å². The molecule has 0 heterocycles. The average Bonchev–Trinajstić information content (AvgIpc) is 2.68. The molecule has 0 radical (unpaired) electrons. The van der Waals surface area contributed by atoms with Crippen molar-refractivity contribution in [1.82, 2.24) is 10.6 Å². The minimum Gasteiger partial charge on any atom is -0.491 e. The first-order valence-corrected chi connectivity index (χ1v) is 10.00. The van der Waals surface area contributed by atoms with Gasteiger partial charge < -0.3 is 15.4 Å². The molecule has 154 valence electrons. The Morgan fingerprint density at radius 2 is 1.66 bits per heavy atom. The predicted octanol–water partition coefficient (Wildman–Crippen LogP) is 4.13. The Kier molecular flexibility index (Phi) is 8.15. The second-order valence-electron chi connectivity index (χ2n) is 6.94. The van der Waals surface area contributed by atoms with E-state index in [1.807, 2.05) is 27.7 Å². The van der Waals surface area contributed by atoms with Gasteiger partial charge >= 0.3 is 0 Å². The summed E-state index contributed by atoms with van der Waals surface area (Å²) in [6.07, 6.45) is 1.01. The summed E-state index contributed by atoms with van der Waals surface area (Å²) in [5, 5.41) is 8.51. The molecule has 2 rings (SSSR count). The van der Waals surface area contributed by atoms with Crippen LogP contribution in [0, 0.1) is 0 Å². The highest BCUT2D eigenvalue weighted by atomic mass is 32.1. The van der Waals surface area contributed by atoms with Gasteiger partial charge in [0.1, 0.15) is 5.75 Å². The van der Waals surface area contributed by atoms with Gasteiger partial charge in [-0.05, 0) is 75.8 Å². The predicted molar refractivity (Wildman–Crippen MR) is 120 cm³/mol. The number of benzene rings is 2. The summed E-state index contributed by atoms with van der Waals surface area (Å²) in [4.78, 5) is 24.8. The number of carbonyl (C=O) groups excluding carboxylic acids is 2. The number of rotatable bonds is 7. The van der Waals surface area contributed by atoms with Gasteiger partial charge in [0, 0.05) is 11.6 Å². The number of hydrogen-bond acceptors (Lipinski definition) is 4. The molecule has 7 heteroatoms. The quantitative estimate of drug-likeness (QED) is 0.595. The Morgan fingerprint density at radius 1 is 1.00 bits per heavy atom. The van der Waals surface area contributed by atoms with E-state index >= 15 is 0 Å². The fourth-order valence-electron chi connectivity index (χ4n) is 2.46. The Balaban J connectivity index is 2.01. The van der Waals surface area contributed by atoms with Crippen molar-refractivity contribution < 1.29 is 14.3 Å². The molecule has 3 N–H and O–H groups in total. The Hall–Kier alpha value is -2.93. The van der Waals surface area contributed by atoms with Crippen LogP contribution in [-0.4, -0.2) is 29.1 Å². The van der Waals surface area contributed by atoms with E-state index in [9.17, 15) is 9.59 Å². The molecule has 1 atom stereocenters. The zero-order valence-corrected chi connectivity index (χ0v) is 17.9. The summed E-state index contributed by atoms with van der Waals surface area (Å²) < 4.78 is 5.71. The zero-order chi connectivity index (χ0) is 21.4. The minimum atomic E-state index is -0.346. The van der Waals surface area contributed by atoms with Gasteiger partial charge in [-0.25, -0.2) is 0 Å². The third kappa shape index (κ3) is 6.87. The van der Waals surface area contributed by atoms with E-state index in [4.69, 9.17) is 17.0 Å². The van der Waals surface area contributed by atoms with Crippen molar-refractivity contribution in [3.8, 4) is 5.75 Å². The molecule has 6 nitrogen and oxygen atoms in total. The molecule has 0 aliphatic heterocycles. The lowest BCUT2D eigenvalue weighted by atomic mass is 10.1. The van der Waals surface area contributed by atoms with E-state index in [2.05, 4.69) is 16.0 Å². The first-order valence-electron chi connectivity index (χ1n) is 9.59. The molecule has 0 fully saturated rings. The smallest absolute Gasteiger partial charge is 0.257 e. The van der Waals surface area contributed by atoms with Crippen molar-refractivity contribution in [3.05, 3.63) is 59.7 Å². The van der Waals surface area contributed by atoms with Crippen molar-refractivity contribution in [2.75, 3.05) is 5.32 Å². The number of thiocarbonyl (C=S) groups is 1. The summed E-state index contributed by atoms with van der Waals surface area (Å²) in [5.74, 6) is 0.150. The maximum absolute atomic E-state index is 12.4. The van der Waals surface area contributed by atoms with Crippen molar-refractivity contribution in [1.29, 1.82) is 0 Å². The van der Waals surface area contributed by atoms with Crippen molar-refractivity contribution in [3.63, 3.8) is 0 Å². The van der Waals surface area contributed by atoms with Crippen molar-refractivity contribution >= 4 is 34.8 Å². The number of amides is 2. The monoisotopic (exact) mass is 413 g/mol. The lowest BCUT2D eigenvalue weighted by Gasteiger charge is -2.15. The van der Waals surface area contributed by atoms with Crippen LogP contribution in [0.25, 0.3) is 0 Å². The van der Waals surface area contributed by atoms with Gasteiger partial charge in [-0.2, -0.15) is 0 Å². The maximum Gasteiger partial charge on any atom is 0.257 e. The van der Waals surface area contributed by atoms with E-state index in [1.165, 1.54) is 0 Å². The fourth-order valence-corrected chi connectivity index (χ4v) is 2.66. The minimum absolute atomic E-state index is 0.00877. The lowest BCUT2D eigenvalue weighted by Crippen LogP contribution is -2.35. The molecule has 0 bridgehead atoms. The Bertz CT molecular complexity index is 866. The van der Waals surface area contributed by atoms with Crippen molar-refractivity contribution in [2.45, 2.75) is 46.3 Å². The highest BCUT2D eigenvalue weighted by Gasteiger charge is 2.14. The summed E-state index contributed by atoms with van der Waals surface area (Å²) in [6.45, 7) is 7.81. The zero-order valence-electron chi connectivity index (χ0n) is 17.1. The number of carbonyl (C=O) groups is 2. The molecule has 0 saturated carbocycles. The van der Waals surface area contributed by atoms with E-state index in [1.54, 1.807) is 48.5 Å². The summed E-state index contributed by atoms with van der Waals surface area (Å²) in [5.41, 5.74) is 1.43. The Labute approximate surface area is 177 Å². The molecule has 0 aliphatic rings. The fraction of sp³-hybridized carbons (Fsp3) is 0.318. The third-order valence-corrected chi connectivity index (χ3v) is 4.30. The van der Waals surface area contributed by atoms with Crippen LogP contribution in [0.1, 0.15) is 54.8 Å². The third-order valence-electron chi connectivity index (χ3n) is 4.10. The largest absolute Gasteiger partial charge is 0.491 e. The van der Waals surface area contributed by atoms with Crippen LogP contribution in [0.2, 0.25) is 0 Å². The highest BCUT2D eigenvalue weighted by molar-refractivity contribution is 7.80. The van der Waals surface area contributed by atoms with Gasteiger partial charge in [-0.3, -0.25) is 14.9 Å². The second kappa shape index (κ2) is 10.6. The molecular formula is C22H27N3O3S. The van der Waals surface area contributed by atoms with Crippen LogP contribution in [-0.2, 0) is 0 Å². The first kappa shape index (κ1) is 22.4. The van der Waals surface area contributed by atoms with Crippen LogP contribution < -0.4 is 20.7 Å². The van der Waals surface area contributed by atoms with Crippen LogP contribution in [0.4, 0.5) is 5.69 Å². The standard InChI is InChI=1S/C22H27N3O3S/c1-5-15(4)28-17-12-10-16(11-13-17)20(26)25-22(29)24-19-9-7-6-8-18(19)21(27)23-14(2)3/h6-15H,5H2,1-4H3,(H,23,27)(H2,24,25,26,29). The number of ether oxygens (including phenoxy) is 1. The van der Waals surface area contributed by atoms with Crippen LogP contribution in [0.3, 0.4) is 0 Å². The van der Waals surface area contributed by atoms with Crippen LogP contribution in [0.5, 0.6) is 5.75 Å². The lowest BCUT2D eigenvalue weighted by molar-refractivity contribution is 0.0942. The van der Waals surface area contributed by atoms with E-state index in [-0.39, 0.29) is 29.1 Å². The summed E-state index contributed by atoms with van der Waals surface area (Å²) >= 11 is 5.25. The SMILES string of the molecule is CCC(C)Oc1ccc(C(=O)NC(=S)Nc2ccccc2C(=O)NC(C)C)cc1. The highest BCUT2D eigenvalue weighted by Crippen LogP contribution is 2.16. The molecule has 0 aromatic heterocycles. The van der Waals surface area contributed by atoms with Gasteiger partial charge in [-0.15, -0.1) is 0 Å². The molecule has 2 aromatic carbocycles. The molecule has 0 aliphatic carbocycles. The Morgan fingerprint density at radius 3 is 2.28 bits per heavy atom. The number of nitrogens with one attached hydrogen (secondary N) is 3. The average molecular weight is 414 g/mol. The number of para-hydroxylation sites is 1. The normalized spacial score (nSPS) is 11.5. The van der Waals surface area contributed by atoms with E-state index in [0.29, 0.717) is 22.6 Å². The van der Waals surface area contributed by atoms with Gasteiger partial charge in [0.25, 0.3) is 11.8 Å². The molecule has 0 spiro atoms. The second-order valence-corrected chi connectivity index (χ2v) is 7.35. The first-order chi connectivity index (χ1) is 13.8. The van der Waals surface area contributed by atoms with Gasteiger partial charge in [0.2, 0.25) is 0 Å². The van der Waals surface area contributed by atoms with Crippen molar-refractivity contribution in [2.24, 2.45) is 0 Å². The molecular weight excluding hydrogens is 386 g/mol. The maximum atomic E-state index is 12.4. The van der Waals surface area contributed by atoms with Crippen LogP contribution in [0.15, 0.2) is 48.5 Å². The summed E-state index contributed by atoms with van der Waals surface area (Å²) in [7, 11) is 0. The number of hydrogen-bond donors (Lipinski definition) is 3. The van der Waals surface area contributed by atoms with Gasteiger partial charge in [0.15, 0.2) is 5.11 Å². The molecule has 1 unspecified atom stereocenters. The molecule has 2 aromatic rings. The van der Waals surface area contributed by atoms with E-state index < -0.39 is 0 Å².